The smallest absolute Gasteiger partial charge is 0.257 e. The summed E-state index contributed by atoms with van der Waals surface area (Å²) in [5, 5.41) is 5.21. The topological polar surface area (TPSA) is 82.0 Å². The van der Waals surface area contributed by atoms with E-state index in [9.17, 15) is 14.4 Å². The summed E-state index contributed by atoms with van der Waals surface area (Å²) < 4.78 is 1.91. The molecule has 0 N–H and O–H groups in total. The number of rotatable bonds is 8. The zero-order valence-electron chi connectivity index (χ0n) is 25.7. The van der Waals surface area contributed by atoms with Gasteiger partial charge in [-0.25, -0.2) is 0 Å². The van der Waals surface area contributed by atoms with E-state index in [0.717, 1.165) is 73.9 Å². The van der Waals surface area contributed by atoms with Crippen LogP contribution in [0.1, 0.15) is 60.4 Å². The lowest BCUT2D eigenvalue weighted by atomic mass is 9.94. The Bertz CT molecular complexity index is 1320. The monoisotopic (exact) mass is 596 g/mol. The molecule has 5 rings (SSSR count). The van der Waals surface area contributed by atoms with Crippen molar-refractivity contribution < 1.29 is 14.4 Å². The molecule has 1 aromatic carbocycles. The Labute approximate surface area is 254 Å². The van der Waals surface area contributed by atoms with Crippen molar-refractivity contribution in [2.24, 2.45) is 17.8 Å². The van der Waals surface area contributed by atoms with E-state index in [2.05, 4.69) is 10.00 Å². The first kappa shape index (κ1) is 30.5. The summed E-state index contributed by atoms with van der Waals surface area (Å²) in [5.74, 6) is 1.19. The molecule has 42 heavy (non-hydrogen) atoms. The van der Waals surface area contributed by atoms with Crippen LogP contribution in [0.3, 0.4) is 0 Å². The van der Waals surface area contributed by atoms with Gasteiger partial charge >= 0.3 is 0 Å². The molecule has 0 aliphatic carbocycles. The first-order valence-corrected chi connectivity index (χ1v) is 15.8. The second-order valence-electron chi connectivity index (χ2n) is 12.4. The maximum atomic E-state index is 13.8. The van der Waals surface area contributed by atoms with Crippen LogP contribution in [0.25, 0.3) is 0 Å². The fraction of sp³-hybridized carbons (Fsp3) is 0.625. The van der Waals surface area contributed by atoms with Gasteiger partial charge in [-0.1, -0.05) is 17.7 Å². The number of carbonyl (C=O) groups is 3. The summed E-state index contributed by atoms with van der Waals surface area (Å²) in [5.41, 5.74) is 4.37. The highest BCUT2D eigenvalue weighted by atomic mass is 35.5. The van der Waals surface area contributed by atoms with Gasteiger partial charge in [-0.05, 0) is 83.0 Å². The number of halogens is 1. The molecule has 2 unspecified atom stereocenters. The fourth-order valence-electron chi connectivity index (χ4n) is 7.14. The van der Waals surface area contributed by atoms with E-state index in [0.29, 0.717) is 49.3 Å². The van der Waals surface area contributed by atoms with Crippen molar-refractivity contribution in [2.75, 3.05) is 57.3 Å². The molecule has 10 heteroatoms. The van der Waals surface area contributed by atoms with Crippen LogP contribution in [0, 0.1) is 38.5 Å². The Balaban J connectivity index is 1.17. The Morgan fingerprint density at radius 2 is 1.67 bits per heavy atom. The van der Waals surface area contributed by atoms with Crippen LogP contribution >= 0.6 is 11.6 Å². The number of carbonyl (C=O) groups excluding carboxylic acids is 3. The van der Waals surface area contributed by atoms with Crippen molar-refractivity contribution in [3.8, 4) is 0 Å². The standard InChI is InChI=1S/C32H45ClN6O3/c1-6-39-23(4)30(22(3)34-39)32(42)37-19-26-17-35(18-27(26)20-37)12-7-13-38(28-9-8-21(2)29(33)16-28)31(41)25-10-14-36(15-11-25)24(5)40/h8-9,16,25-27H,6-7,10-15,17-20H2,1-5H3. The number of hydrogen-bond donors (Lipinski definition) is 0. The average molecular weight is 597 g/mol. The molecule has 2 atom stereocenters. The number of benzene rings is 1. The van der Waals surface area contributed by atoms with Crippen LogP contribution in [0.5, 0.6) is 0 Å². The van der Waals surface area contributed by atoms with Gasteiger partial charge in [-0.3, -0.25) is 19.1 Å². The van der Waals surface area contributed by atoms with Crippen LogP contribution in [0.2, 0.25) is 5.02 Å². The molecule has 3 fully saturated rings. The van der Waals surface area contributed by atoms with E-state index >= 15 is 0 Å². The van der Waals surface area contributed by atoms with E-state index < -0.39 is 0 Å². The number of hydrogen-bond acceptors (Lipinski definition) is 5. The van der Waals surface area contributed by atoms with Crippen LogP contribution < -0.4 is 4.90 Å². The van der Waals surface area contributed by atoms with Crippen LogP contribution in [-0.4, -0.2) is 94.6 Å². The van der Waals surface area contributed by atoms with E-state index in [1.54, 1.807) is 6.92 Å². The fourth-order valence-corrected chi connectivity index (χ4v) is 7.32. The minimum Gasteiger partial charge on any atom is -0.343 e. The number of likely N-dealkylation sites (tertiary alicyclic amines) is 3. The van der Waals surface area contributed by atoms with E-state index in [4.69, 9.17) is 11.6 Å². The van der Waals surface area contributed by atoms with E-state index in [1.165, 1.54) is 0 Å². The summed E-state index contributed by atoms with van der Waals surface area (Å²) in [6.45, 7) is 16.6. The molecule has 1 aromatic heterocycles. The van der Waals surface area contributed by atoms with Crippen LogP contribution in [0.15, 0.2) is 18.2 Å². The lowest BCUT2D eigenvalue weighted by molar-refractivity contribution is -0.133. The number of aryl methyl sites for hydroxylation is 3. The molecule has 2 aromatic rings. The maximum Gasteiger partial charge on any atom is 0.257 e. The van der Waals surface area contributed by atoms with Crippen molar-refractivity contribution in [1.82, 2.24) is 24.5 Å². The molecule has 3 aliphatic heterocycles. The molecule has 0 bridgehead atoms. The zero-order valence-corrected chi connectivity index (χ0v) is 26.5. The van der Waals surface area contributed by atoms with Crippen molar-refractivity contribution in [3.05, 3.63) is 45.7 Å². The third-order valence-corrected chi connectivity index (χ3v) is 10.0. The largest absolute Gasteiger partial charge is 0.343 e. The molecular weight excluding hydrogens is 552 g/mol. The van der Waals surface area contributed by atoms with Crippen molar-refractivity contribution >= 4 is 35.0 Å². The number of aromatic nitrogens is 2. The van der Waals surface area contributed by atoms with Crippen LogP contribution in [-0.2, 0) is 16.1 Å². The van der Waals surface area contributed by atoms with Crippen molar-refractivity contribution in [1.29, 1.82) is 0 Å². The Kier molecular flexibility index (Phi) is 9.28. The van der Waals surface area contributed by atoms with Gasteiger partial charge in [0.2, 0.25) is 11.8 Å². The Hall–Kier alpha value is -2.91. The lowest BCUT2D eigenvalue weighted by Crippen LogP contribution is -2.44. The summed E-state index contributed by atoms with van der Waals surface area (Å²) in [6.07, 6.45) is 2.25. The molecule has 0 spiro atoms. The SMILES string of the molecule is CCn1nc(C)c(C(=O)N2CC3CN(CCCN(C(=O)C4CCN(C(C)=O)CC4)c4ccc(C)c(Cl)c4)CC3C2)c1C. The van der Waals surface area contributed by atoms with Gasteiger partial charge in [0.05, 0.1) is 11.3 Å². The number of nitrogens with zero attached hydrogens (tertiary/aromatic N) is 6. The predicted molar refractivity (Wildman–Crippen MR) is 165 cm³/mol. The summed E-state index contributed by atoms with van der Waals surface area (Å²) in [4.78, 5) is 47.2. The van der Waals surface area contributed by atoms with Crippen molar-refractivity contribution in [3.63, 3.8) is 0 Å². The molecule has 4 heterocycles. The van der Waals surface area contributed by atoms with Gasteiger partial charge < -0.3 is 19.6 Å². The van der Waals surface area contributed by atoms with Gasteiger partial charge in [0.1, 0.15) is 0 Å². The molecular formula is C32H45ClN6O3. The second-order valence-corrected chi connectivity index (χ2v) is 12.8. The quantitative estimate of drug-likeness (QED) is 0.457. The highest BCUT2D eigenvalue weighted by molar-refractivity contribution is 6.31. The van der Waals surface area contributed by atoms with Crippen molar-refractivity contribution in [2.45, 2.75) is 60.4 Å². The van der Waals surface area contributed by atoms with Gasteiger partial charge in [-0.2, -0.15) is 5.10 Å². The molecule has 3 aliphatic rings. The van der Waals surface area contributed by atoms with Gasteiger partial charge in [-0.15, -0.1) is 0 Å². The molecule has 228 valence electrons. The number of fused-ring (bicyclic) bond motifs is 1. The highest BCUT2D eigenvalue weighted by Gasteiger charge is 2.42. The zero-order chi connectivity index (χ0) is 30.1. The third kappa shape index (κ3) is 6.23. The maximum absolute atomic E-state index is 13.8. The highest BCUT2D eigenvalue weighted by Crippen LogP contribution is 2.33. The summed E-state index contributed by atoms with van der Waals surface area (Å²) in [7, 11) is 0. The predicted octanol–water partition coefficient (Wildman–Crippen LogP) is 4.17. The summed E-state index contributed by atoms with van der Waals surface area (Å²) >= 11 is 6.47. The third-order valence-electron chi connectivity index (χ3n) is 9.62. The normalized spacial score (nSPS) is 21.2. The molecule has 0 saturated carbocycles. The molecule has 3 saturated heterocycles. The van der Waals surface area contributed by atoms with Gasteiger partial charge in [0.15, 0.2) is 0 Å². The second kappa shape index (κ2) is 12.8. The van der Waals surface area contributed by atoms with Gasteiger partial charge in [0, 0.05) is 81.6 Å². The minimum atomic E-state index is -0.0907. The Morgan fingerprint density at radius 3 is 2.24 bits per heavy atom. The van der Waals surface area contributed by atoms with Gasteiger partial charge in [0.25, 0.3) is 5.91 Å². The summed E-state index contributed by atoms with van der Waals surface area (Å²) in [6, 6.07) is 5.86. The molecule has 0 radical (unpaired) electrons. The molecule has 3 amide bonds. The first-order chi connectivity index (χ1) is 20.1. The number of piperidine rings is 1. The first-order valence-electron chi connectivity index (χ1n) is 15.5. The number of anilines is 1. The lowest BCUT2D eigenvalue weighted by Gasteiger charge is -2.34. The Morgan fingerprint density at radius 1 is 1.00 bits per heavy atom. The van der Waals surface area contributed by atoms with Crippen LogP contribution in [0.4, 0.5) is 5.69 Å². The average Bonchev–Trinajstić information content (AvgIpc) is 3.63. The molecule has 9 nitrogen and oxygen atoms in total. The van der Waals surface area contributed by atoms with E-state index in [1.807, 2.05) is 65.3 Å². The minimum absolute atomic E-state index is 0.0729. The van der Waals surface area contributed by atoms with E-state index in [-0.39, 0.29) is 23.6 Å². The number of amides is 3.